The van der Waals surface area contributed by atoms with Crippen molar-refractivity contribution in [3.8, 4) is 0 Å². The number of amides is 1. The second-order valence-electron chi connectivity index (χ2n) is 6.64. The number of halogens is 1. The lowest BCUT2D eigenvalue weighted by molar-refractivity contribution is -0.119. The van der Waals surface area contributed by atoms with Gasteiger partial charge in [-0.15, -0.1) is 0 Å². The van der Waals surface area contributed by atoms with Crippen LogP contribution in [0.3, 0.4) is 0 Å². The highest BCUT2D eigenvalue weighted by Gasteiger charge is 2.30. The summed E-state index contributed by atoms with van der Waals surface area (Å²) in [5.41, 5.74) is 7.57. The van der Waals surface area contributed by atoms with Crippen LogP contribution in [-0.4, -0.2) is 24.0 Å². The fraction of sp³-hybridized carbons (Fsp3) is 0.562. The maximum atomic E-state index is 11.5. The quantitative estimate of drug-likeness (QED) is 0.899. The van der Waals surface area contributed by atoms with Gasteiger partial charge in [0.25, 0.3) is 0 Å². The molecule has 0 aromatic heterocycles. The third-order valence-corrected chi connectivity index (χ3v) is 4.03. The van der Waals surface area contributed by atoms with Gasteiger partial charge in [-0.1, -0.05) is 17.7 Å². The Hall–Kier alpha value is -1.26. The van der Waals surface area contributed by atoms with E-state index in [9.17, 15) is 4.79 Å². The standard InChI is InChI=1S/C16H24ClN3O/c1-16(2,3)19-10-11-6-7-13(12(17)9-11)20-8-4-5-14(20)15(18)21/h6-7,9,14,19H,4-5,8,10H2,1-3H3,(H2,18,21). The van der Waals surface area contributed by atoms with Crippen molar-refractivity contribution in [1.82, 2.24) is 5.32 Å². The van der Waals surface area contributed by atoms with E-state index < -0.39 is 0 Å². The van der Waals surface area contributed by atoms with E-state index in [0.717, 1.165) is 37.2 Å². The van der Waals surface area contributed by atoms with Crippen LogP contribution in [0.2, 0.25) is 5.02 Å². The predicted molar refractivity (Wildman–Crippen MR) is 87.6 cm³/mol. The highest BCUT2D eigenvalue weighted by Crippen LogP contribution is 2.32. The van der Waals surface area contributed by atoms with Crippen molar-refractivity contribution in [2.75, 3.05) is 11.4 Å². The van der Waals surface area contributed by atoms with Crippen LogP contribution in [0.4, 0.5) is 5.69 Å². The Morgan fingerprint density at radius 2 is 2.19 bits per heavy atom. The molecule has 1 atom stereocenters. The molecular weight excluding hydrogens is 286 g/mol. The van der Waals surface area contributed by atoms with E-state index in [1.165, 1.54) is 0 Å². The lowest BCUT2D eigenvalue weighted by Gasteiger charge is -2.26. The number of carbonyl (C=O) groups excluding carboxylic acids is 1. The summed E-state index contributed by atoms with van der Waals surface area (Å²) in [5.74, 6) is -0.276. The van der Waals surface area contributed by atoms with E-state index in [4.69, 9.17) is 17.3 Å². The Bertz CT molecular complexity index is 525. The van der Waals surface area contributed by atoms with Crippen LogP contribution in [-0.2, 0) is 11.3 Å². The zero-order valence-electron chi connectivity index (χ0n) is 12.9. The average molecular weight is 310 g/mol. The number of primary amides is 1. The fourth-order valence-electron chi connectivity index (χ4n) is 2.61. The summed E-state index contributed by atoms with van der Waals surface area (Å²) < 4.78 is 0. The SMILES string of the molecule is CC(C)(C)NCc1ccc(N2CCCC2C(N)=O)c(Cl)c1. The lowest BCUT2D eigenvalue weighted by atomic mass is 10.1. The third kappa shape index (κ3) is 4.11. The Morgan fingerprint density at radius 3 is 2.76 bits per heavy atom. The Morgan fingerprint density at radius 1 is 1.48 bits per heavy atom. The van der Waals surface area contributed by atoms with Crippen LogP contribution >= 0.6 is 11.6 Å². The van der Waals surface area contributed by atoms with Crippen molar-refractivity contribution < 1.29 is 4.79 Å². The van der Waals surface area contributed by atoms with Gasteiger partial charge in [0.05, 0.1) is 10.7 Å². The van der Waals surface area contributed by atoms with Crippen LogP contribution in [0.1, 0.15) is 39.2 Å². The lowest BCUT2D eigenvalue weighted by Crippen LogP contribution is -2.40. The summed E-state index contributed by atoms with van der Waals surface area (Å²) in [6, 6.07) is 5.77. The molecule has 3 N–H and O–H groups in total. The van der Waals surface area contributed by atoms with Gasteiger partial charge in [0.2, 0.25) is 5.91 Å². The van der Waals surface area contributed by atoms with Crippen molar-refractivity contribution in [3.63, 3.8) is 0 Å². The number of carbonyl (C=O) groups is 1. The molecule has 0 aliphatic carbocycles. The maximum absolute atomic E-state index is 11.5. The number of hydrogen-bond acceptors (Lipinski definition) is 3. The number of nitrogens with one attached hydrogen (secondary N) is 1. The number of anilines is 1. The summed E-state index contributed by atoms with van der Waals surface area (Å²) in [7, 11) is 0. The number of benzene rings is 1. The molecule has 1 amide bonds. The monoisotopic (exact) mass is 309 g/mol. The first-order valence-corrected chi connectivity index (χ1v) is 7.75. The molecule has 5 heteroatoms. The van der Waals surface area contributed by atoms with Crippen LogP contribution in [0.5, 0.6) is 0 Å². The molecule has 1 aromatic carbocycles. The van der Waals surface area contributed by atoms with Crippen LogP contribution < -0.4 is 16.0 Å². The van der Waals surface area contributed by atoms with Gasteiger partial charge in [-0.05, 0) is 51.3 Å². The first kappa shape index (κ1) is 16.1. The predicted octanol–water partition coefficient (Wildman–Crippen LogP) is 2.68. The van der Waals surface area contributed by atoms with Gasteiger partial charge in [0.15, 0.2) is 0 Å². The maximum Gasteiger partial charge on any atom is 0.240 e. The van der Waals surface area contributed by atoms with E-state index >= 15 is 0 Å². The van der Waals surface area contributed by atoms with E-state index in [0.29, 0.717) is 5.02 Å². The molecule has 0 bridgehead atoms. The molecule has 21 heavy (non-hydrogen) atoms. The number of rotatable bonds is 4. The van der Waals surface area contributed by atoms with Crippen molar-refractivity contribution >= 4 is 23.2 Å². The molecule has 2 rings (SSSR count). The minimum Gasteiger partial charge on any atom is -0.368 e. The van der Waals surface area contributed by atoms with Crippen molar-refractivity contribution in [2.24, 2.45) is 5.73 Å². The number of nitrogens with zero attached hydrogens (tertiary/aromatic N) is 1. The first-order chi connectivity index (χ1) is 9.78. The largest absolute Gasteiger partial charge is 0.368 e. The molecule has 4 nitrogen and oxygen atoms in total. The third-order valence-electron chi connectivity index (χ3n) is 3.73. The minimum atomic E-state index is -0.276. The molecule has 0 radical (unpaired) electrons. The van der Waals surface area contributed by atoms with Crippen LogP contribution in [0, 0.1) is 0 Å². The first-order valence-electron chi connectivity index (χ1n) is 7.37. The van der Waals surface area contributed by atoms with Gasteiger partial charge in [-0.25, -0.2) is 0 Å². The second kappa shape index (κ2) is 6.24. The molecule has 1 aliphatic heterocycles. The van der Waals surface area contributed by atoms with E-state index in [-0.39, 0.29) is 17.5 Å². The van der Waals surface area contributed by atoms with E-state index in [1.807, 2.05) is 17.0 Å². The summed E-state index contributed by atoms with van der Waals surface area (Å²) in [6.07, 6.45) is 1.77. The van der Waals surface area contributed by atoms with Gasteiger partial charge >= 0.3 is 0 Å². The molecule has 1 aromatic rings. The topological polar surface area (TPSA) is 58.4 Å². The highest BCUT2D eigenvalue weighted by atomic mass is 35.5. The van der Waals surface area contributed by atoms with E-state index in [2.05, 4.69) is 32.2 Å². The van der Waals surface area contributed by atoms with Crippen molar-refractivity contribution in [3.05, 3.63) is 28.8 Å². The van der Waals surface area contributed by atoms with Crippen LogP contribution in [0.15, 0.2) is 18.2 Å². The van der Waals surface area contributed by atoms with E-state index in [1.54, 1.807) is 0 Å². The van der Waals surface area contributed by atoms with Gasteiger partial charge in [0.1, 0.15) is 6.04 Å². The fourth-order valence-corrected chi connectivity index (χ4v) is 2.92. The van der Waals surface area contributed by atoms with Gasteiger partial charge in [-0.3, -0.25) is 4.79 Å². The molecular formula is C16H24ClN3O. The molecule has 1 fully saturated rings. The Kier molecular flexibility index (Phi) is 4.79. The molecule has 1 heterocycles. The zero-order chi connectivity index (χ0) is 15.6. The molecule has 0 spiro atoms. The summed E-state index contributed by atoms with van der Waals surface area (Å²) in [6.45, 7) is 7.98. The molecule has 1 aliphatic rings. The van der Waals surface area contributed by atoms with Gasteiger partial charge in [-0.2, -0.15) is 0 Å². The zero-order valence-corrected chi connectivity index (χ0v) is 13.7. The molecule has 0 saturated carbocycles. The second-order valence-corrected chi connectivity index (χ2v) is 7.05. The van der Waals surface area contributed by atoms with Gasteiger partial charge in [0, 0.05) is 18.6 Å². The minimum absolute atomic E-state index is 0.0666. The number of nitrogens with two attached hydrogens (primary N) is 1. The van der Waals surface area contributed by atoms with Crippen molar-refractivity contribution in [1.29, 1.82) is 0 Å². The normalized spacial score (nSPS) is 19.0. The smallest absolute Gasteiger partial charge is 0.240 e. The molecule has 1 unspecified atom stereocenters. The molecule has 1 saturated heterocycles. The van der Waals surface area contributed by atoms with Gasteiger partial charge < -0.3 is 16.0 Å². The highest BCUT2D eigenvalue weighted by molar-refractivity contribution is 6.33. The number of hydrogen-bond donors (Lipinski definition) is 2. The Balaban J connectivity index is 2.14. The summed E-state index contributed by atoms with van der Waals surface area (Å²) in [4.78, 5) is 13.5. The van der Waals surface area contributed by atoms with Crippen molar-refractivity contribution in [2.45, 2.75) is 51.7 Å². The average Bonchev–Trinajstić information content (AvgIpc) is 2.84. The summed E-state index contributed by atoms with van der Waals surface area (Å²) >= 11 is 6.41. The molecule has 116 valence electrons. The Labute approximate surface area is 131 Å². The van der Waals surface area contributed by atoms with Crippen LogP contribution in [0.25, 0.3) is 0 Å². The summed E-state index contributed by atoms with van der Waals surface area (Å²) in [5, 5.41) is 4.11.